The summed E-state index contributed by atoms with van der Waals surface area (Å²) < 4.78 is 0. The number of hydrogen-bond acceptors (Lipinski definition) is 4. The van der Waals surface area contributed by atoms with Crippen molar-refractivity contribution in [1.29, 1.82) is 0 Å². The summed E-state index contributed by atoms with van der Waals surface area (Å²) in [6.07, 6.45) is 1.59. The Bertz CT molecular complexity index is 435. The van der Waals surface area contributed by atoms with Crippen molar-refractivity contribution in [1.82, 2.24) is 16.0 Å². The van der Waals surface area contributed by atoms with E-state index in [-0.39, 0.29) is 24.8 Å². The lowest BCUT2D eigenvalue weighted by atomic mass is 10.1. The standard InChI is InChI=1S/C12H20N4O5/c1-6(10(18)15-7-2-3-7)14-12(21)16-8(11(19)20)4-5-9(13)17/h6-8H,2-5H2,1H3,(H2,13,17)(H,15,18)(H,19,20)(H2,14,16,21)/t6?,8-/m1/s1. The highest BCUT2D eigenvalue weighted by Gasteiger charge is 2.27. The van der Waals surface area contributed by atoms with Gasteiger partial charge in [0.2, 0.25) is 11.8 Å². The highest BCUT2D eigenvalue weighted by Crippen LogP contribution is 2.18. The van der Waals surface area contributed by atoms with Gasteiger partial charge in [-0.2, -0.15) is 0 Å². The predicted molar refractivity (Wildman–Crippen MR) is 72.1 cm³/mol. The van der Waals surface area contributed by atoms with Crippen molar-refractivity contribution in [3.8, 4) is 0 Å². The van der Waals surface area contributed by atoms with E-state index in [0.29, 0.717) is 0 Å². The fourth-order valence-corrected chi connectivity index (χ4v) is 1.56. The van der Waals surface area contributed by atoms with E-state index >= 15 is 0 Å². The normalized spacial score (nSPS) is 16.4. The number of aliphatic carboxylic acids is 1. The molecule has 2 atom stereocenters. The second-order valence-electron chi connectivity index (χ2n) is 5.02. The van der Waals surface area contributed by atoms with Crippen LogP contribution in [0.25, 0.3) is 0 Å². The molecule has 1 aliphatic carbocycles. The van der Waals surface area contributed by atoms with Gasteiger partial charge in [0.1, 0.15) is 12.1 Å². The van der Waals surface area contributed by atoms with Crippen LogP contribution in [0.15, 0.2) is 0 Å². The Balaban J connectivity index is 2.39. The minimum Gasteiger partial charge on any atom is -0.480 e. The largest absolute Gasteiger partial charge is 0.480 e. The monoisotopic (exact) mass is 300 g/mol. The van der Waals surface area contributed by atoms with Crippen LogP contribution in [0.3, 0.4) is 0 Å². The number of carbonyl (C=O) groups excluding carboxylic acids is 3. The van der Waals surface area contributed by atoms with Crippen LogP contribution in [0.2, 0.25) is 0 Å². The molecule has 0 bridgehead atoms. The van der Waals surface area contributed by atoms with E-state index in [4.69, 9.17) is 10.8 Å². The summed E-state index contributed by atoms with van der Waals surface area (Å²) in [5, 5.41) is 16.2. The molecule has 6 N–H and O–H groups in total. The van der Waals surface area contributed by atoms with Crippen LogP contribution in [0.5, 0.6) is 0 Å². The molecule has 118 valence electrons. The van der Waals surface area contributed by atoms with Gasteiger partial charge in [0.25, 0.3) is 0 Å². The zero-order valence-electron chi connectivity index (χ0n) is 11.7. The summed E-state index contributed by atoms with van der Waals surface area (Å²) in [6.45, 7) is 1.50. The number of nitrogens with one attached hydrogen (secondary N) is 3. The molecule has 9 nitrogen and oxygen atoms in total. The van der Waals surface area contributed by atoms with Crippen LogP contribution in [0.1, 0.15) is 32.6 Å². The fraction of sp³-hybridized carbons (Fsp3) is 0.667. The zero-order chi connectivity index (χ0) is 16.0. The minimum absolute atomic E-state index is 0.110. The van der Waals surface area contributed by atoms with Crippen molar-refractivity contribution in [3.05, 3.63) is 0 Å². The quantitative estimate of drug-likeness (QED) is 0.376. The van der Waals surface area contributed by atoms with E-state index < -0.39 is 30.0 Å². The van der Waals surface area contributed by atoms with E-state index in [0.717, 1.165) is 12.8 Å². The van der Waals surface area contributed by atoms with Crippen LogP contribution in [-0.4, -0.2) is 47.0 Å². The van der Waals surface area contributed by atoms with Gasteiger partial charge in [0, 0.05) is 12.5 Å². The topological polar surface area (TPSA) is 151 Å². The maximum Gasteiger partial charge on any atom is 0.326 e. The number of hydrogen-bond donors (Lipinski definition) is 5. The number of nitrogens with two attached hydrogens (primary N) is 1. The highest BCUT2D eigenvalue weighted by molar-refractivity contribution is 5.88. The third kappa shape index (κ3) is 6.59. The van der Waals surface area contributed by atoms with Gasteiger partial charge >= 0.3 is 12.0 Å². The summed E-state index contributed by atoms with van der Waals surface area (Å²) >= 11 is 0. The van der Waals surface area contributed by atoms with Crippen LogP contribution in [-0.2, 0) is 14.4 Å². The first-order chi connectivity index (χ1) is 9.79. The zero-order valence-corrected chi connectivity index (χ0v) is 11.7. The Hall–Kier alpha value is -2.32. The summed E-state index contributed by atoms with van der Waals surface area (Å²) in [4.78, 5) is 44.9. The lowest BCUT2D eigenvalue weighted by molar-refractivity contribution is -0.139. The van der Waals surface area contributed by atoms with E-state index in [1.54, 1.807) is 0 Å². The summed E-state index contributed by atoms with van der Waals surface area (Å²) in [5.41, 5.74) is 4.93. The van der Waals surface area contributed by atoms with Crippen molar-refractivity contribution in [2.75, 3.05) is 0 Å². The third-order valence-corrected chi connectivity index (χ3v) is 2.95. The molecule has 21 heavy (non-hydrogen) atoms. The number of rotatable bonds is 8. The van der Waals surface area contributed by atoms with Crippen LogP contribution >= 0.6 is 0 Å². The summed E-state index contributed by atoms with van der Waals surface area (Å²) in [6, 6.07) is -2.63. The van der Waals surface area contributed by atoms with Gasteiger partial charge < -0.3 is 26.8 Å². The first-order valence-electron chi connectivity index (χ1n) is 6.68. The van der Waals surface area contributed by atoms with Crippen molar-refractivity contribution in [2.24, 2.45) is 5.73 Å². The molecule has 0 spiro atoms. The van der Waals surface area contributed by atoms with Crippen molar-refractivity contribution >= 4 is 23.8 Å². The molecule has 1 unspecified atom stereocenters. The van der Waals surface area contributed by atoms with Crippen molar-refractivity contribution in [3.63, 3.8) is 0 Å². The van der Waals surface area contributed by atoms with Gasteiger partial charge in [0.05, 0.1) is 0 Å². The maximum atomic E-state index is 11.6. The van der Waals surface area contributed by atoms with Crippen molar-refractivity contribution < 1.29 is 24.3 Å². The molecule has 0 aromatic carbocycles. The lowest BCUT2D eigenvalue weighted by Crippen LogP contribution is -2.52. The summed E-state index contributed by atoms with van der Waals surface area (Å²) in [5.74, 6) is -2.25. The number of urea groups is 1. The van der Waals surface area contributed by atoms with Gasteiger partial charge in [-0.1, -0.05) is 0 Å². The fourth-order valence-electron chi connectivity index (χ4n) is 1.56. The first-order valence-corrected chi connectivity index (χ1v) is 6.68. The smallest absolute Gasteiger partial charge is 0.326 e. The molecule has 0 saturated heterocycles. The Labute approximate surface area is 121 Å². The van der Waals surface area contributed by atoms with E-state index in [1.165, 1.54) is 6.92 Å². The Morgan fingerprint density at radius 3 is 2.33 bits per heavy atom. The van der Waals surface area contributed by atoms with Gasteiger partial charge in [-0.25, -0.2) is 9.59 Å². The molecule has 1 saturated carbocycles. The van der Waals surface area contributed by atoms with Crippen LogP contribution in [0.4, 0.5) is 4.79 Å². The average Bonchev–Trinajstić information content (AvgIpc) is 3.17. The minimum atomic E-state index is -1.28. The summed E-state index contributed by atoms with van der Waals surface area (Å²) in [7, 11) is 0. The van der Waals surface area contributed by atoms with Gasteiger partial charge in [-0.05, 0) is 26.2 Å². The second kappa shape index (κ2) is 7.46. The van der Waals surface area contributed by atoms with Gasteiger partial charge in [-0.3, -0.25) is 9.59 Å². The Kier molecular flexibility index (Phi) is 5.94. The van der Waals surface area contributed by atoms with Crippen LogP contribution < -0.4 is 21.7 Å². The number of carboxylic acid groups (broad SMARTS) is 1. The number of carboxylic acids is 1. The highest BCUT2D eigenvalue weighted by atomic mass is 16.4. The average molecular weight is 300 g/mol. The van der Waals surface area contributed by atoms with Crippen molar-refractivity contribution in [2.45, 2.75) is 50.7 Å². The molecule has 1 fully saturated rings. The second-order valence-corrected chi connectivity index (χ2v) is 5.02. The molecule has 0 aliphatic heterocycles. The molecule has 0 radical (unpaired) electrons. The van der Waals surface area contributed by atoms with E-state index in [1.807, 2.05) is 0 Å². The number of carbonyl (C=O) groups is 4. The SMILES string of the molecule is CC(NC(=O)N[C@H](CCC(N)=O)C(=O)O)C(=O)NC1CC1. The molecule has 0 heterocycles. The number of amides is 4. The molecular formula is C12H20N4O5. The third-order valence-electron chi connectivity index (χ3n) is 2.95. The molecule has 0 aromatic rings. The molecule has 4 amide bonds. The Morgan fingerprint density at radius 2 is 1.86 bits per heavy atom. The number of primary amides is 1. The van der Waals surface area contributed by atoms with E-state index in [9.17, 15) is 19.2 Å². The van der Waals surface area contributed by atoms with Crippen LogP contribution in [0, 0.1) is 0 Å². The molecule has 1 aliphatic rings. The van der Waals surface area contributed by atoms with Gasteiger partial charge in [0.15, 0.2) is 0 Å². The lowest BCUT2D eigenvalue weighted by Gasteiger charge is -2.17. The molecule has 1 rings (SSSR count). The molecular weight excluding hydrogens is 280 g/mol. The van der Waals surface area contributed by atoms with E-state index in [2.05, 4.69) is 16.0 Å². The Morgan fingerprint density at radius 1 is 1.24 bits per heavy atom. The maximum absolute atomic E-state index is 11.6. The molecule has 0 aromatic heterocycles. The first kappa shape index (κ1) is 16.7. The predicted octanol–water partition coefficient (Wildman–Crippen LogP) is -1.33. The molecule has 9 heteroatoms. The van der Waals surface area contributed by atoms with Gasteiger partial charge in [-0.15, -0.1) is 0 Å².